The Morgan fingerprint density at radius 1 is 0.944 bits per heavy atom. The molecule has 0 radical (unpaired) electrons. The van der Waals surface area contributed by atoms with Gasteiger partial charge in [0.15, 0.2) is 11.5 Å². The molecule has 18 heavy (non-hydrogen) atoms. The lowest BCUT2D eigenvalue weighted by molar-refractivity contribution is 0.308. The molecule has 1 aromatic carbocycles. The van der Waals surface area contributed by atoms with E-state index >= 15 is 0 Å². The minimum absolute atomic E-state index is 0.252. The predicted octanol–water partition coefficient (Wildman–Crippen LogP) is 2.56. The number of nitriles is 2. The first kappa shape index (κ1) is 13.3. The molecule has 0 heterocycles. The van der Waals surface area contributed by atoms with E-state index < -0.39 is 0 Å². The standard InChI is InChI=1S/C14H12N2O2/c1-3-5-17-13-7-11(9-15)12(10-16)8-14(13)18-6-4-2/h3-4,7-8H,1-2,5-6H2. The number of benzene rings is 1. The summed E-state index contributed by atoms with van der Waals surface area (Å²) in [6, 6.07) is 6.86. The lowest BCUT2D eigenvalue weighted by Gasteiger charge is -2.11. The van der Waals surface area contributed by atoms with Gasteiger partial charge in [-0.2, -0.15) is 10.5 Å². The normalized spacial score (nSPS) is 8.78. The van der Waals surface area contributed by atoms with Gasteiger partial charge in [-0.1, -0.05) is 25.3 Å². The molecule has 0 saturated heterocycles. The Morgan fingerprint density at radius 3 is 1.61 bits per heavy atom. The van der Waals surface area contributed by atoms with Crippen LogP contribution in [0.15, 0.2) is 37.4 Å². The van der Waals surface area contributed by atoms with Crippen LogP contribution in [0.1, 0.15) is 11.1 Å². The molecule has 4 heteroatoms. The number of hydrogen-bond acceptors (Lipinski definition) is 4. The van der Waals surface area contributed by atoms with Gasteiger partial charge in [-0.25, -0.2) is 0 Å². The first-order valence-corrected chi connectivity index (χ1v) is 5.22. The molecule has 0 saturated carbocycles. The topological polar surface area (TPSA) is 66.0 Å². The molecular weight excluding hydrogens is 228 g/mol. The zero-order valence-electron chi connectivity index (χ0n) is 9.85. The maximum absolute atomic E-state index is 8.93. The Kier molecular flexibility index (Phi) is 5.02. The van der Waals surface area contributed by atoms with Crippen LogP contribution in [0.5, 0.6) is 11.5 Å². The van der Waals surface area contributed by atoms with Gasteiger partial charge >= 0.3 is 0 Å². The van der Waals surface area contributed by atoms with E-state index in [-0.39, 0.29) is 11.1 Å². The van der Waals surface area contributed by atoms with Crippen molar-refractivity contribution in [3.63, 3.8) is 0 Å². The summed E-state index contributed by atoms with van der Waals surface area (Å²) in [5, 5.41) is 17.9. The minimum atomic E-state index is 0.252. The molecule has 0 aliphatic heterocycles. The fraction of sp³-hybridized carbons (Fsp3) is 0.143. The molecule has 0 atom stereocenters. The van der Waals surface area contributed by atoms with Crippen LogP contribution in [0.25, 0.3) is 0 Å². The summed E-state index contributed by atoms with van der Waals surface area (Å²) >= 11 is 0. The average molecular weight is 240 g/mol. The van der Waals surface area contributed by atoms with E-state index in [4.69, 9.17) is 20.0 Å². The van der Waals surface area contributed by atoms with Crippen molar-refractivity contribution in [2.45, 2.75) is 0 Å². The number of rotatable bonds is 6. The van der Waals surface area contributed by atoms with Gasteiger partial charge < -0.3 is 9.47 Å². The smallest absolute Gasteiger partial charge is 0.163 e. The zero-order chi connectivity index (χ0) is 13.4. The van der Waals surface area contributed by atoms with Gasteiger partial charge in [0, 0.05) is 12.1 Å². The maximum Gasteiger partial charge on any atom is 0.163 e. The number of hydrogen-bond donors (Lipinski definition) is 0. The molecule has 0 aromatic heterocycles. The van der Waals surface area contributed by atoms with Crippen LogP contribution in [0.4, 0.5) is 0 Å². The monoisotopic (exact) mass is 240 g/mol. The van der Waals surface area contributed by atoms with Gasteiger partial charge in [0.05, 0.1) is 11.1 Å². The second-order valence-electron chi connectivity index (χ2n) is 3.27. The fourth-order valence-corrected chi connectivity index (χ4v) is 1.27. The number of ether oxygens (including phenoxy) is 2. The molecule has 1 rings (SSSR count). The van der Waals surface area contributed by atoms with Crippen LogP contribution in [-0.2, 0) is 0 Å². The Balaban J connectivity index is 3.18. The van der Waals surface area contributed by atoms with Gasteiger partial charge in [-0.3, -0.25) is 0 Å². The highest BCUT2D eigenvalue weighted by Crippen LogP contribution is 2.30. The van der Waals surface area contributed by atoms with E-state index in [0.717, 1.165) is 0 Å². The molecule has 0 N–H and O–H groups in total. The van der Waals surface area contributed by atoms with E-state index in [0.29, 0.717) is 24.7 Å². The summed E-state index contributed by atoms with van der Waals surface area (Å²) in [7, 11) is 0. The molecule has 0 aliphatic carbocycles. The lowest BCUT2D eigenvalue weighted by Crippen LogP contribution is -2.01. The highest BCUT2D eigenvalue weighted by atomic mass is 16.5. The number of nitrogens with zero attached hydrogens (tertiary/aromatic N) is 2. The third-order valence-corrected chi connectivity index (χ3v) is 2.04. The minimum Gasteiger partial charge on any atom is -0.486 e. The molecular formula is C14H12N2O2. The fourth-order valence-electron chi connectivity index (χ4n) is 1.27. The first-order valence-electron chi connectivity index (χ1n) is 5.22. The Labute approximate surface area is 106 Å². The van der Waals surface area contributed by atoms with Crippen molar-refractivity contribution in [1.29, 1.82) is 10.5 Å². The summed E-state index contributed by atoms with van der Waals surface area (Å²) in [4.78, 5) is 0. The third kappa shape index (κ3) is 3.13. The third-order valence-electron chi connectivity index (χ3n) is 2.04. The van der Waals surface area contributed by atoms with E-state index in [1.165, 1.54) is 12.1 Å². The summed E-state index contributed by atoms with van der Waals surface area (Å²) in [6.07, 6.45) is 3.17. The highest BCUT2D eigenvalue weighted by Gasteiger charge is 2.11. The van der Waals surface area contributed by atoms with Crippen LogP contribution in [-0.4, -0.2) is 13.2 Å². The summed E-state index contributed by atoms with van der Waals surface area (Å²) in [5.74, 6) is 0.819. The second-order valence-corrected chi connectivity index (χ2v) is 3.27. The molecule has 0 amide bonds. The van der Waals surface area contributed by atoms with Gasteiger partial charge in [0.2, 0.25) is 0 Å². The van der Waals surface area contributed by atoms with Gasteiger partial charge in [-0.15, -0.1) is 0 Å². The molecule has 0 unspecified atom stereocenters. The Bertz CT molecular complexity index is 487. The van der Waals surface area contributed by atoms with E-state index in [1.807, 2.05) is 12.1 Å². The van der Waals surface area contributed by atoms with Crippen LogP contribution >= 0.6 is 0 Å². The lowest BCUT2D eigenvalue weighted by atomic mass is 10.1. The average Bonchev–Trinajstić information content (AvgIpc) is 2.42. The van der Waals surface area contributed by atoms with Gasteiger partial charge in [-0.05, 0) is 0 Å². The van der Waals surface area contributed by atoms with Crippen molar-refractivity contribution in [3.8, 4) is 23.6 Å². The molecule has 0 aliphatic rings. The van der Waals surface area contributed by atoms with Crippen molar-refractivity contribution in [2.75, 3.05) is 13.2 Å². The van der Waals surface area contributed by atoms with Crippen molar-refractivity contribution in [1.82, 2.24) is 0 Å². The van der Waals surface area contributed by atoms with Crippen LogP contribution in [0, 0.1) is 22.7 Å². The molecule has 4 nitrogen and oxygen atoms in total. The van der Waals surface area contributed by atoms with Crippen LogP contribution < -0.4 is 9.47 Å². The van der Waals surface area contributed by atoms with Crippen molar-refractivity contribution in [2.24, 2.45) is 0 Å². The molecule has 0 spiro atoms. The SMILES string of the molecule is C=CCOc1cc(C#N)c(C#N)cc1OCC=C. The first-order chi connectivity index (χ1) is 8.76. The Hall–Kier alpha value is -2.72. The predicted molar refractivity (Wildman–Crippen MR) is 67.3 cm³/mol. The highest BCUT2D eigenvalue weighted by molar-refractivity contribution is 5.56. The molecule has 0 bridgehead atoms. The second kappa shape index (κ2) is 6.78. The van der Waals surface area contributed by atoms with Crippen molar-refractivity contribution >= 4 is 0 Å². The molecule has 90 valence electrons. The molecule has 0 fully saturated rings. The Morgan fingerprint density at radius 2 is 1.33 bits per heavy atom. The van der Waals surface area contributed by atoms with Crippen LogP contribution in [0.2, 0.25) is 0 Å². The van der Waals surface area contributed by atoms with E-state index in [2.05, 4.69) is 13.2 Å². The van der Waals surface area contributed by atoms with Crippen molar-refractivity contribution in [3.05, 3.63) is 48.6 Å². The van der Waals surface area contributed by atoms with E-state index in [1.54, 1.807) is 12.2 Å². The van der Waals surface area contributed by atoms with Crippen molar-refractivity contribution < 1.29 is 9.47 Å². The van der Waals surface area contributed by atoms with Crippen LogP contribution in [0.3, 0.4) is 0 Å². The van der Waals surface area contributed by atoms with Gasteiger partial charge in [0.1, 0.15) is 25.4 Å². The summed E-state index contributed by atoms with van der Waals surface area (Å²) < 4.78 is 10.8. The summed E-state index contributed by atoms with van der Waals surface area (Å²) in [5.41, 5.74) is 0.505. The largest absolute Gasteiger partial charge is 0.486 e. The molecule has 1 aromatic rings. The van der Waals surface area contributed by atoms with E-state index in [9.17, 15) is 0 Å². The maximum atomic E-state index is 8.93. The quantitative estimate of drug-likeness (QED) is 0.717. The summed E-state index contributed by atoms with van der Waals surface area (Å²) in [6.45, 7) is 7.67. The van der Waals surface area contributed by atoms with Gasteiger partial charge in [0.25, 0.3) is 0 Å². The zero-order valence-corrected chi connectivity index (χ0v) is 9.85.